The van der Waals surface area contributed by atoms with Crippen molar-refractivity contribution >= 4 is 0 Å². The molecule has 0 radical (unpaired) electrons. The first-order chi connectivity index (χ1) is 6.86. The Morgan fingerprint density at radius 3 is 2.79 bits per heavy atom. The van der Waals surface area contributed by atoms with E-state index in [0.29, 0.717) is 19.1 Å². The Kier molecular flexibility index (Phi) is 4.38. The van der Waals surface area contributed by atoms with Crippen LogP contribution in [-0.2, 0) is 4.74 Å². The van der Waals surface area contributed by atoms with E-state index in [1.807, 2.05) is 6.07 Å². The molecule has 0 spiro atoms. The minimum Gasteiger partial charge on any atom is -0.476 e. The van der Waals surface area contributed by atoms with E-state index in [-0.39, 0.29) is 5.69 Å². The third-order valence-electron chi connectivity index (χ3n) is 1.49. The van der Waals surface area contributed by atoms with E-state index < -0.39 is 0 Å². The lowest BCUT2D eigenvalue weighted by Gasteiger charge is -2.03. The molecule has 0 aromatic carbocycles. The molecule has 0 atom stereocenters. The standard InChI is InChI=1S/C9H11N3O2/c1-13-3-2-4-14-9-7-11-8(5-10)6-12-9/h6-7H,2-4H2,1H3. The topological polar surface area (TPSA) is 68.0 Å². The van der Waals surface area contributed by atoms with E-state index in [0.717, 1.165) is 6.42 Å². The van der Waals surface area contributed by atoms with Crippen molar-refractivity contribution in [2.24, 2.45) is 0 Å². The molecule has 0 amide bonds. The summed E-state index contributed by atoms with van der Waals surface area (Å²) in [6, 6.07) is 1.88. The zero-order valence-corrected chi connectivity index (χ0v) is 7.93. The van der Waals surface area contributed by atoms with Crippen molar-refractivity contribution < 1.29 is 9.47 Å². The summed E-state index contributed by atoms with van der Waals surface area (Å²) >= 11 is 0. The van der Waals surface area contributed by atoms with Gasteiger partial charge < -0.3 is 9.47 Å². The lowest BCUT2D eigenvalue weighted by Crippen LogP contribution is -2.03. The Morgan fingerprint density at radius 2 is 2.21 bits per heavy atom. The molecule has 14 heavy (non-hydrogen) atoms. The number of hydrogen-bond acceptors (Lipinski definition) is 5. The van der Waals surface area contributed by atoms with Gasteiger partial charge in [-0.1, -0.05) is 0 Å². The molecule has 74 valence electrons. The lowest BCUT2D eigenvalue weighted by molar-refractivity contribution is 0.170. The quantitative estimate of drug-likeness (QED) is 0.646. The van der Waals surface area contributed by atoms with Crippen LogP contribution in [0.3, 0.4) is 0 Å². The zero-order chi connectivity index (χ0) is 10.2. The molecular formula is C9H11N3O2. The van der Waals surface area contributed by atoms with E-state index in [1.165, 1.54) is 12.4 Å². The SMILES string of the molecule is COCCCOc1cnc(C#N)cn1. The molecule has 0 unspecified atom stereocenters. The van der Waals surface area contributed by atoms with Crippen LogP contribution in [0.4, 0.5) is 0 Å². The van der Waals surface area contributed by atoms with E-state index in [4.69, 9.17) is 14.7 Å². The number of methoxy groups -OCH3 is 1. The predicted octanol–water partition coefficient (Wildman–Crippen LogP) is 0.764. The van der Waals surface area contributed by atoms with Crippen molar-refractivity contribution in [2.45, 2.75) is 6.42 Å². The Bertz CT molecular complexity index is 305. The Labute approximate surface area is 82.3 Å². The number of nitriles is 1. The zero-order valence-electron chi connectivity index (χ0n) is 7.93. The summed E-state index contributed by atoms with van der Waals surface area (Å²) in [5, 5.41) is 8.46. The number of ether oxygens (including phenoxy) is 2. The average Bonchev–Trinajstić information content (AvgIpc) is 2.25. The molecule has 0 fully saturated rings. The van der Waals surface area contributed by atoms with Crippen molar-refractivity contribution in [3.05, 3.63) is 18.1 Å². The second-order valence-corrected chi connectivity index (χ2v) is 2.55. The largest absolute Gasteiger partial charge is 0.476 e. The normalized spacial score (nSPS) is 9.43. The minimum atomic E-state index is 0.286. The van der Waals surface area contributed by atoms with Crippen molar-refractivity contribution in [1.29, 1.82) is 5.26 Å². The molecule has 0 bridgehead atoms. The fourth-order valence-corrected chi connectivity index (χ4v) is 0.828. The molecule has 5 heteroatoms. The van der Waals surface area contributed by atoms with Crippen LogP contribution < -0.4 is 4.74 Å². The van der Waals surface area contributed by atoms with Gasteiger partial charge >= 0.3 is 0 Å². The minimum absolute atomic E-state index is 0.286. The van der Waals surface area contributed by atoms with Gasteiger partial charge in [0.1, 0.15) is 6.07 Å². The van der Waals surface area contributed by atoms with E-state index in [1.54, 1.807) is 7.11 Å². The summed E-state index contributed by atoms with van der Waals surface area (Å²) in [5.74, 6) is 0.431. The van der Waals surface area contributed by atoms with Gasteiger partial charge in [0, 0.05) is 20.1 Å². The second kappa shape index (κ2) is 5.89. The van der Waals surface area contributed by atoms with Gasteiger partial charge in [-0.25, -0.2) is 9.97 Å². The van der Waals surface area contributed by atoms with Gasteiger partial charge in [0.15, 0.2) is 5.69 Å². The molecule has 1 aromatic rings. The first-order valence-electron chi connectivity index (χ1n) is 4.20. The van der Waals surface area contributed by atoms with Crippen LogP contribution in [0.25, 0.3) is 0 Å². The highest BCUT2D eigenvalue weighted by Gasteiger charge is 1.96. The highest BCUT2D eigenvalue weighted by Crippen LogP contribution is 2.03. The van der Waals surface area contributed by atoms with Crippen molar-refractivity contribution in [1.82, 2.24) is 9.97 Å². The molecule has 0 aliphatic carbocycles. The van der Waals surface area contributed by atoms with E-state index >= 15 is 0 Å². The summed E-state index contributed by atoms with van der Waals surface area (Å²) in [7, 11) is 1.64. The summed E-state index contributed by atoms with van der Waals surface area (Å²) in [5.41, 5.74) is 0.286. The first-order valence-corrected chi connectivity index (χ1v) is 4.20. The molecule has 5 nitrogen and oxygen atoms in total. The van der Waals surface area contributed by atoms with Crippen molar-refractivity contribution in [2.75, 3.05) is 20.3 Å². The number of rotatable bonds is 5. The first kappa shape index (κ1) is 10.4. The van der Waals surface area contributed by atoms with Crippen LogP contribution in [-0.4, -0.2) is 30.3 Å². The molecule has 1 aromatic heterocycles. The summed E-state index contributed by atoms with van der Waals surface area (Å²) in [4.78, 5) is 7.72. The number of nitrogens with zero attached hydrogens (tertiary/aromatic N) is 3. The highest BCUT2D eigenvalue weighted by atomic mass is 16.5. The van der Waals surface area contributed by atoms with Gasteiger partial charge in [-0.05, 0) is 0 Å². The summed E-state index contributed by atoms with van der Waals surface area (Å²) < 4.78 is 10.1. The van der Waals surface area contributed by atoms with E-state index in [2.05, 4.69) is 9.97 Å². The lowest BCUT2D eigenvalue weighted by atomic mass is 10.5. The summed E-state index contributed by atoms with van der Waals surface area (Å²) in [6.45, 7) is 1.19. The number of hydrogen-bond donors (Lipinski definition) is 0. The van der Waals surface area contributed by atoms with Crippen LogP contribution in [0.1, 0.15) is 12.1 Å². The van der Waals surface area contributed by atoms with Gasteiger partial charge in [0.2, 0.25) is 5.88 Å². The molecule has 1 heterocycles. The van der Waals surface area contributed by atoms with Crippen LogP contribution in [0, 0.1) is 11.3 Å². The van der Waals surface area contributed by atoms with Gasteiger partial charge in [-0.15, -0.1) is 0 Å². The molecule has 0 saturated carbocycles. The highest BCUT2D eigenvalue weighted by molar-refractivity contribution is 5.18. The third-order valence-corrected chi connectivity index (χ3v) is 1.49. The third kappa shape index (κ3) is 3.37. The Morgan fingerprint density at radius 1 is 1.36 bits per heavy atom. The maximum absolute atomic E-state index is 8.46. The molecule has 1 rings (SSSR count). The molecular weight excluding hydrogens is 182 g/mol. The fraction of sp³-hybridized carbons (Fsp3) is 0.444. The smallest absolute Gasteiger partial charge is 0.232 e. The second-order valence-electron chi connectivity index (χ2n) is 2.55. The molecule has 0 N–H and O–H groups in total. The monoisotopic (exact) mass is 193 g/mol. The van der Waals surface area contributed by atoms with Crippen LogP contribution in [0.5, 0.6) is 5.88 Å². The fourth-order valence-electron chi connectivity index (χ4n) is 0.828. The predicted molar refractivity (Wildman–Crippen MR) is 48.7 cm³/mol. The van der Waals surface area contributed by atoms with Crippen LogP contribution in [0.15, 0.2) is 12.4 Å². The van der Waals surface area contributed by atoms with Crippen molar-refractivity contribution in [3.63, 3.8) is 0 Å². The maximum atomic E-state index is 8.46. The molecule has 0 saturated heterocycles. The maximum Gasteiger partial charge on any atom is 0.232 e. The Balaban J connectivity index is 2.33. The van der Waals surface area contributed by atoms with Crippen molar-refractivity contribution in [3.8, 4) is 11.9 Å². The van der Waals surface area contributed by atoms with E-state index in [9.17, 15) is 0 Å². The molecule has 0 aliphatic rings. The molecule has 0 aliphatic heterocycles. The van der Waals surface area contributed by atoms with Crippen LogP contribution in [0.2, 0.25) is 0 Å². The van der Waals surface area contributed by atoms with Gasteiger partial charge in [-0.3, -0.25) is 0 Å². The number of aromatic nitrogens is 2. The summed E-state index contributed by atoms with van der Waals surface area (Å²) in [6.07, 6.45) is 3.62. The van der Waals surface area contributed by atoms with Gasteiger partial charge in [-0.2, -0.15) is 5.26 Å². The van der Waals surface area contributed by atoms with Gasteiger partial charge in [0.25, 0.3) is 0 Å². The van der Waals surface area contributed by atoms with Gasteiger partial charge in [0.05, 0.1) is 19.0 Å². The van der Waals surface area contributed by atoms with Crippen LogP contribution >= 0.6 is 0 Å². The average molecular weight is 193 g/mol. The Hall–Kier alpha value is -1.67.